The normalized spacial score (nSPS) is 23.2. The Morgan fingerprint density at radius 3 is 3.16 bits per heavy atom. The summed E-state index contributed by atoms with van der Waals surface area (Å²) < 4.78 is 0. The van der Waals surface area contributed by atoms with Gasteiger partial charge in [0, 0.05) is 38.9 Å². The number of anilines is 1. The van der Waals surface area contributed by atoms with Crippen LogP contribution >= 0.6 is 0 Å². The Morgan fingerprint density at radius 2 is 2.32 bits per heavy atom. The molecule has 1 unspecified atom stereocenters. The van der Waals surface area contributed by atoms with Crippen molar-refractivity contribution >= 4 is 11.7 Å². The lowest BCUT2D eigenvalue weighted by Crippen LogP contribution is -2.52. The summed E-state index contributed by atoms with van der Waals surface area (Å²) in [5.41, 5.74) is 0.677. The van der Waals surface area contributed by atoms with E-state index in [4.69, 9.17) is 0 Å². The van der Waals surface area contributed by atoms with Crippen molar-refractivity contribution in [1.82, 2.24) is 14.8 Å². The molecule has 2 aliphatic heterocycles. The van der Waals surface area contributed by atoms with Gasteiger partial charge in [0.1, 0.15) is 5.82 Å². The largest absolute Gasteiger partial charge is 0.372 e. The van der Waals surface area contributed by atoms with E-state index in [1.807, 2.05) is 17.0 Å². The van der Waals surface area contributed by atoms with Crippen LogP contribution in [0.4, 0.5) is 5.82 Å². The SMILES string of the molecule is CNc1ncccc1C(=O)N1CCN2CCCC2C1. The molecule has 0 aliphatic carbocycles. The minimum atomic E-state index is 0.101. The second-order valence-corrected chi connectivity index (χ2v) is 5.23. The van der Waals surface area contributed by atoms with Gasteiger partial charge in [0.15, 0.2) is 0 Å². The van der Waals surface area contributed by atoms with Crippen molar-refractivity contribution in [3.05, 3.63) is 23.9 Å². The highest BCUT2D eigenvalue weighted by Crippen LogP contribution is 2.23. The van der Waals surface area contributed by atoms with E-state index < -0.39 is 0 Å². The molecular formula is C14H20N4O. The van der Waals surface area contributed by atoms with Gasteiger partial charge in [0.25, 0.3) is 5.91 Å². The first-order valence-corrected chi connectivity index (χ1v) is 6.95. The number of rotatable bonds is 2. The summed E-state index contributed by atoms with van der Waals surface area (Å²) >= 11 is 0. The topological polar surface area (TPSA) is 48.5 Å². The van der Waals surface area contributed by atoms with Crippen molar-refractivity contribution in [2.45, 2.75) is 18.9 Å². The molecular weight excluding hydrogens is 240 g/mol. The molecule has 5 nitrogen and oxygen atoms in total. The zero-order valence-electron chi connectivity index (χ0n) is 11.3. The van der Waals surface area contributed by atoms with E-state index in [0.717, 1.165) is 19.6 Å². The molecule has 1 atom stereocenters. The predicted octanol–water partition coefficient (Wildman–Crippen LogP) is 1.04. The van der Waals surface area contributed by atoms with Gasteiger partial charge >= 0.3 is 0 Å². The average Bonchev–Trinajstić information content (AvgIpc) is 2.93. The minimum Gasteiger partial charge on any atom is -0.372 e. The first-order valence-electron chi connectivity index (χ1n) is 6.95. The Balaban J connectivity index is 1.76. The molecule has 2 fully saturated rings. The number of pyridine rings is 1. The van der Waals surface area contributed by atoms with E-state index >= 15 is 0 Å². The van der Waals surface area contributed by atoms with Gasteiger partial charge in [-0.3, -0.25) is 9.69 Å². The lowest BCUT2D eigenvalue weighted by Gasteiger charge is -2.37. The number of nitrogens with zero attached hydrogens (tertiary/aromatic N) is 3. The molecule has 0 spiro atoms. The van der Waals surface area contributed by atoms with Crippen LogP contribution in [0.15, 0.2) is 18.3 Å². The first-order chi connectivity index (χ1) is 9.29. The molecule has 1 amide bonds. The Morgan fingerprint density at radius 1 is 1.42 bits per heavy atom. The maximum Gasteiger partial charge on any atom is 0.257 e. The maximum atomic E-state index is 12.6. The van der Waals surface area contributed by atoms with Crippen molar-refractivity contribution in [3.63, 3.8) is 0 Å². The van der Waals surface area contributed by atoms with E-state index in [0.29, 0.717) is 17.4 Å². The number of amides is 1. The molecule has 1 aromatic heterocycles. The van der Waals surface area contributed by atoms with E-state index in [1.54, 1.807) is 13.2 Å². The first kappa shape index (κ1) is 12.4. The maximum absolute atomic E-state index is 12.6. The summed E-state index contributed by atoms with van der Waals surface area (Å²) in [6, 6.07) is 4.23. The van der Waals surface area contributed by atoms with Crippen LogP contribution < -0.4 is 5.32 Å². The fourth-order valence-electron chi connectivity index (χ4n) is 3.12. The number of carbonyl (C=O) groups excluding carboxylic acids is 1. The third kappa shape index (κ3) is 2.30. The molecule has 0 bridgehead atoms. The minimum absolute atomic E-state index is 0.101. The molecule has 3 heterocycles. The van der Waals surface area contributed by atoms with Gasteiger partial charge in [-0.25, -0.2) is 4.98 Å². The summed E-state index contributed by atoms with van der Waals surface area (Å²) in [5.74, 6) is 0.769. The smallest absolute Gasteiger partial charge is 0.257 e. The lowest BCUT2D eigenvalue weighted by molar-refractivity contribution is 0.0572. The van der Waals surface area contributed by atoms with E-state index in [9.17, 15) is 4.79 Å². The summed E-state index contributed by atoms with van der Waals surface area (Å²) in [6.07, 6.45) is 4.19. The summed E-state index contributed by atoms with van der Waals surface area (Å²) in [4.78, 5) is 21.3. The molecule has 3 rings (SSSR count). The van der Waals surface area contributed by atoms with Crippen LogP contribution in [0.2, 0.25) is 0 Å². The van der Waals surface area contributed by atoms with Crippen LogP contribution in [0.25, 0.3) is 0 Å². The summed E-state index contributed by atoms with van der Waals surface area (Å²) in [5, 5.41) is 2.99. The van der Waals surface area contributed by atoms with Gasteiger partial charge in [0.05, 0.1) is 5.56 Å². The van der Waals surface area contributed by atoms with Crippen molar-refractivity contribution in [2.75, 3.05) is 38.5 Å². The Hall–Kier alpha value is -1.62. The molecule has 5 heteroatoms. The van der Waals surface area contributed by atoms with Gasteiger partial charge < -0.3 is 10.2 Å². The quantitative estimate of drug-likeness (QED) is 0.863. The second-order valence-electron chi connectivity index (χ2n) is 5.23. The molecule has 19 heavy (non-hydrogen) atoms. The van der Waals surface area contributed by atoms with E-state index in [2.05, 4.69) is 15.2 Å². The third-order valence-electron chi connectivity index (χ3n) is 4.15. The summed E-state index contributed by atoms with van der Waals surface area (Å²) in [7, 11) is 1.80. The molecule has 1 N–H and O–H groups in total. The number of hydrogen-bond donors (Lipinski definition) is 1. The Labute approximate surface area is 113 Å². The second kappa shape index (κ2) is 5.17. The number of aromatic nitrogens is 1. The van der Waals surface area contributed by atoms with E-state index in [-0.39, 0.29) is 5.91 Å². The Bertz CT molecular complexity index is 476. The fourth-order valence-corrected chi connectivity index (χ4v) is 3.12. The molecule has 0 aromatic carbocycles. The van der Waals surface area contributed by atoms with Crippen LogP contribution in [0, 0.1) is 0 Å². The monoisotopic (exact) mass is 260 g/mol. The number of piperazine rings is 1. The lowest BCUT2D eigenvalue weighted by atomic mass is 10.1. The van der Waals surface area contributed by atoms with Crippen LogP contribution in [0.1, 0.15) is 23.2 Å². The fraction of sp³-hybridized carbons (Fsp3) is 0.571. The number of carbonyl (C=O) groups is 1. The predicted molar refractivity (Wildman–Crippen MR) is 74.3 cm³/mol. The molecule has 1 aromatic rings. The van der Waals surface area contributed by atoms with Gasteiger partial charge in [-0.15, -0.1) is 0 Å². The molecule has 102 valence electrons. The van der Waals surface area contributed by atoms with Gasteiger partial charge in [0.2, 0.25) is 0 Å². The van der Waals surface area contributed by atoms with Crippen LogP contribution in [-0.4, -0.2) is 60.0 Å². The van der Waals surface area contributed by atoms with Gasteiger partial charge in [-0.05, 0) is 31.5 Å². The standard InChI is InChI=1S/C14H20N4O/c1-15-13-12(5-2-6-16-13)14(19)18-9-8-17-7-3-4-11(17)10-18/h2,5-6,11H,3-4,7-10H2,1H3,(H,15,16). The van der Waals surface area contributed by atoms with Crippen molar-refractivity contribution in [3.8, 4) is 0 Å². The molecule has 2 aliphatic rings. The number of hydrogen-bond acceptors (Lipinski definition) is 4. The van der Waals surface area contributed by atoms with Crippen molar-refractivity contribution in [2.24, 2.45) is 0 Å². The number of nitrogens with one attached hydrogen (secondary N) is 1. The van der Waals surface area contributed by atoms with Crippen molar-refractivity contribution in [1.29, 1.82) is 0 Å². The van der Waals surface area contributed by atoms with E-state index in [1.165, 1.54) is 19.4 Å². The summed E-state index contributed by atoms with van der Waals surface area (Å²) in [6.45, 7) is 3.89. The highest BCUT2D eigenvalue weighted by Gasteiger charge is 2.33. The highest BCUT2D eigenvalue weighted by atomic mass is 16.2. The molecule has 0 radical (unpaired) electrons. The number of fused-ring (bicyclic) bond motifs is 1. The van der Waals surface area contributed by atoms with Crippen LogP contribution in [-0.2, 0) is 0 Å². The molecule has 0 saturated carbocycles. The average molecular weight is 260 g/mol. The van der Waals surface area contributed by atoms with Crippen LogP contribution in [0.5, 0.6) is 0 Å². The zero-order valence-corrected chi connectivity index (χ0v) is 11.3. The third-order valence-corrected chi connectivity index (χ3v) is 4.15. The van der Waals surface area contributed by atoms with Gasteiger partial charge in [-0.2, -0.15) is 0 Å². The molecule has 2 saturated heterocycles. The highest BCUT2D eigenvalue weighted by molar-refractivity contribution is 5.98. The zero-order chi connectivity index (χ0) is 13.2. The Kier molecular flexibility index (Phi) is 3.38. The van der Waals surface area contributed by atoms with Crippen LogP contribution in [0.3, 0.4) is 0 Å². The van der Waals surface area contributed by atoms with Crippen molar-refractivity contribution < 1.29 is 4.79 Å². The van der Waals surface area contributed by atoms with Gasteiger partial charge in [-0.1, -0.05) is 0 Å².